The van der Waals surface area contributed by atoms with Gasteiger partial charge in [-0.3, -0.25) is 0 Å². The van der Waals surface area contributed by atoms with Crippen LogP contribution >= 0.6 is 0 Å². The molecule has 13 heteroatoms. The highest BCUT2D eigenvalue weighted by atomic mass is 19.4. The Kier molecular flexibility index (Phi) is 5.47. The van der Waals surface area contributed by atoms with Crippen molar-refractivity contribution in [2.45, 2.75) is 56.3 Å². The molecule has 2 bridgehead atoms. The third-order valence-corrected chi connectivity index (χ3v) is 6.63. The van der Waals surface area contributed by atoms with E-state index in [0.29, 0.717) is 29.1 Å². The summed E-state index contributed by atoms with van der Waals surface area (Å²) in [5.41, 5.74) is 1.09. The summed E-state index contributed by atoms with van der Waals surface area (Å²) >= 11 is 0. The number of anilines is 2. The van der Waals surface area contributed by atoms with Crippen LogP contribution in [0.1, 0.15) is 19.3 Å². The summed E-state index contributed by atoms with van der Waals surface area (Å²) in [6.07, 6.45) is -2.15. The van der Waals surface area contributed by atoms with Crippen LogP contribution in [0.15, 0.2) is 30.5 Å². The van der Waals surface area contributed by atoms with Crippen molar-refractivity contribution in [2.75, 3.05) is 23.4 Å². The van der Waals surface area contributed by atoms with Gasteiger partial charge < -0.3 is 20.3 Å². The summed E-state index contributed by atoms with van der Waals surface area (Å²) in [6, 6.07) is 5.72. The zero-order chi connectivity index (χ0) is 25.0. The van der Waals surface area contributed by atoms with Crippen LogP contribution in [0.4, 0.5) is 33.9 Å². The summed E-state index contributed by atoms with van der Waals surface area (Å²) in [5, 5.41) is 9.82. The predicted octanol–water partition coefficient (Wildman–Crippen LogP) is 3.66. The molecule has 2 aromatic heterocycles. The molecular weight excluding hydrogens is 482 g/mol. The highest BCUT2D eigenvalue weighted by Crippen LogP contribution is 2.39. The molecule has 4 heterocycles. The number of morpholine rings is 1. The Morgan fingerprint density at radius 2 is 1.92 bits per heavy atom. The van der Waals surface area contributed by atoms with Gasteiger partial charge in [0.1, 0.15) is 18.5 Å². The predicted molar refractivity (Wildman–Crippen MR) is 122 cm³/mol. The fourth-order valence-corrected chi connectivity index (χ4v) is 4.80. The number of urea groups is 1. The molecule has 190 valence electrons. The van der Waals surface area contributed by atoms with E-state index in [9.17, 15) is 22.4 Å². The van der Waals surface area contributed by atoms with Gasteiger partial charge in [-0.2, -0.15) is 18.3 Å². The van der Waals surface area contributed by atoms with Crippen LogP contribution in [-0.2, 0) is 11.3 Å². The van der Waals surface area contributed by atoms with Crippen LogP contribution in [0, 0.1) is 0 Å². The number of alkyl halides is 4. The highest BCUT2D eigenvalue weighted by Gasteiger charge is 2.46. The number of carbonyl (C=O) groups is 1. The Bertz CT molecular complexity index is 1290. The van der Waals surface area contributed by atoms with Crippen molar-refractivity contribution in [3.05, 3.63) is 30.5 Å². The molecule has 1 saturated carbocycles. The van der Waals surface area contributed by atoms with Crippen LogP contribution in [-0.4, -0.2) is 69.5 Å². The Morgan fingerprint density at radius 1 is 1.14 bits per heavy atom. The summed E-state index contributed by atoms with van der Waals surface area (Å²) in [5.74, 6) is 0.518. The van der Waals surface area contributed by atoms with E-state index in [1.54, 1.807) is 29.2 Å². The first-order valence-corrected chi connectivity index (χ1v) is 11.7. The van der Waals surface area contributed by atoms with Crippen molar-refractivity contribution in [1.82, 2.24) is 25.1 Å². The van der Waals surface area contributed by atoms with Gasteiger partial charge in [0, 0.05) is 23.7 Å². The number of ether oxygens (including phenoxy) is 1. The zero-order valence-corrected chi connectivity index (χ0v) is 19.0. The van der Waals surface area contributed by atoms with E-state index in [2.05, 4.69) is 25.7 Å². The maximum Gasteiger partial charge on any atom is 0.408 e. The van der Waals surface area contributed by atoms with Crippen molar-refractivity contribution in [1.29, 1.82) is 0 Å². The van der Waals surface area contributed by atoms with E-state index < -0.39 is 24.9 Å². The first-order chi connectivity index (χ1) is 17.2. The van der Waals surface area contributed by atoms with Crippen molar-refractivity contribution in [3.63, 3.8) is 0 Å². The number of rotatable bonds is 5. The molecule has 3 fully saturated rings. The summed E-state index contributed by atoms with van der Waals surface area (Å²) in [6.45, 7) is -0.844. The van der Waals surface area contributed by atoms with Crippen molar-refractivity contribution in [2.24, 2.45) is 0 Å². The second-order valence-corrected chi connectivity index (χ2v) is 9.39. The maximum absolute atomic E-state index is 14.7. The Balaban J connectivity index is 1.38. The lowest BCUT2D eigenvalue weighted by atomic mass is 10.1. The molecule has 1 aliphatic carbocycles. The summed E-state index contributed by atoms with van der Waals surface area (Å²) < 4.78 is 60.7. The van der Waals surface area contributed by atoms with Crippen LogP contribution in [0.2, 0.25) is 0 Å². The maximum atomic E-state index is 14.7. The molecule has 1 aromatic carbocycles. The van der Waals surface area contributed by atoms with E-state index in [0.717, 1.165) is 17.5 Å². The van der Waals surface area contributed by atoms with E-state index in [4.69, 9.17) is 4.74 Å². The van der Waals surface area contributed by atoms with E-state index >= 15 is 0 Å². The van der Waals surface area contributed by atoms with Gasteiger partial charge >= 0.3 is 12.2 Å². The number of halogens is 4. The molecular formula is C23H23F4N7O2. The van der Waals surface area contributed by atoms with Gasteiger partial charge in [-0.1, -0.05) is 0 Å². The second kappa shape index (κ2) is 8.57. The molecule has 0 radical (unpaired) electrons. The van der Waals surface area contributed by atoms with Gasteiger partial charge in [-0.15, -0.1) is 0 Å². The normalized spacial score (nSPS) is 23.8. The van der Waals surface area contributed by atoms with Gasteiger partial charge in [0.25, 0.3) is 0 Å². The molecule has 3 aliphatic rings. The van der Waals surface area contributed by atoms with Gasteiger partial charge in [0.15, 0.2) is 11.5 Å². The number of hydrogen-bond acceptors (Lipinski definition) is 6. The largest absolute Gasteiger partial charge is 0.408 e. The Hall–Kier alpha value is -3.48. The molecule has 2 aliphatic heterocycles. The van der Waals surface area contributed by atoms with Crippen molar-refractivity contribution in [3.8, 4) is 11.4 Å². The van der Waals surface area contributed by atoms with Crippen molar-refractivity contribution < 1.29 is 27.1 Å². The lowest BCUT2D eigenvalue weighted by molar-refractivity contribution is -0.141. The fraction of sp³-hybridized carbons (Fsp3) is 0.478. The van der Waals surface area contributed by atoms with Crippen LogP contribution in [0.5, 0.6) is 0 Å². The molecule has 3 aromatic rings. The third kappa shape index (κ3) is 4.43. The Labute approximate surface area is 202 Å². The molecule has 2 N–H and O–H groups in total. The lowest BCUT2D eigenvalue weighted by Crippen LogP contribution is -2.48. The van der Waals surface area contributed by atoms with E-state index in [-0.39, 0.29) is 42.6 Å². The van der Waals surface area contributed by atoms with Crippen molar-refractivity contribution >= 4 is 28.6 Å². The number of hydrogen-bond donors (Lipinski definition) is 2. The lowest BCUT2D eigenvalue weighted by Gasteiger charge is -2.35. The highest BCUT2D eigenvalue weighted by molar-refractivity contribution is 5.91. The van der Waals surface area contributed by atoms with Crippen LogP contribution in [0.25, 0.3) is 22.4 Å². The molecule has 9 nitrogen and oxygen atoms in total. The van der Waals surface area contributed by atoms with Gasteiger partial charge in [0.2, 0.25) is 0 Å². The summed E-state index contributed by atoms with van der Waals surface area (Å²) in [7, 11) is 0. The fourth-order valence-electron chi connectivity index (χ4n) is 4.80. The second-order valence-electron chi connectivity index (χ2n) is 9.39. The van der Waals surface area contributed by atoms with Crippen LogP contribution in [0.3, 0.4) is 0 Å². The monoisotopic (exact) mass is 505 g/mol. The zero-order valence-electron chi connectivity index (χ0n) is 19.0. The summed E-state index contributed by atoms with van der Waals surface area (Å²) in [4.78, 5) is 22.9. The molecule has 3 unspecified atom stereocenters. The number of carbonyl (C=O) groups excluding carboxylic acids is 1. The first-order valence-electron chi connectivity index (χ1n) is 11.7. The average Bonchev–Trinajstić information content (AvgIpc) is 3.52. The quantitative estimate of drug-likeness (QED) is 0.514. The minimum Gasteiger partial charge on any atom is -0.377 e. The molecule has 0 spiro atoms. The molecule has 2 saturated heterocycles. The third-order valence-electron chi connectivity index (χ3n) is 6.63. The smallest absolute Gasteiger partial charge is 0.377 e. The molecule has 2 amide bonds. The van der Waals surface area contributed by atoms with Gasteiger partial charge in [0.05, 0.1) is 36.9 Å². The number of fused-ring (bicyclic) bond motifs is 3. The first kappa shape index (κ1) is 23.0. The number of benzene rings is 1. The van der Waals surface area contributed by atoms with Gasteiger partial charge in [-0.05, 0) is 37.1 Å². The molecule has 6 rings (SSSR count). The minimum absolute atomic E-state index is 0.0136. The average molecular weight is 505 g/mol. The topological polar surface area (TPSA) is 97.2 Å². The number of amides is 2. The van der Waals surface area contributed by atoms with Gasteiger partial charge in [-0.25, -0.2) is 23.8 Å². The number of nitrogens with zero attached hydrogens (tertiary/aromatic N) is 5. The SMILES string of the molecule is O=C(Nc1ccc(-c2nc(N3C4COCC3C(F)C4)c3cnn(CC(F)(F)F)c3n2)cc1)NC1CC1. The molecule has 36 heavy (non-hydrogen) atoms. The van der Waals surface area contributed by atoms with E-state index in [1.807, 2.05) is 0 Å². The number of aromatic nitrogens is 4. The standard InChI is InChI=1S/C23H23F4N7O2/c24-17-7-15-9-36-10-18(17)34(15)21-16-8-28-33(11-23(25,26)27)20(16)31-19(32-21)12-1-3-13(4-2-12)29-22(35)30-14-5-6-14/h1-4,8,14-15,17-18H,5-7,9-11H2,(H2,29,30,35). The Morgan fingerprint density at radius 3 is 2.61 bits per heavy atom. The van der Waals surface area contributed by atoms with Crippen LogP contribution < -0.4 is 15.5 Å². The van der Waals surface area contributed by atoms with E-state index in [1.165, 1.54) is 6.20 Å². The number of nitrogens with one attached hydrogen (secondary N) is 2. The minimum atomic E-state index is -4.50. The molecule has 3 atom stereocenters.